The number of nitrogens with one attached hydrogen (secondary N) is 1. The van der Waals surface area contributed by atoms with E-state index in [4.69, 9.17) is 16.3 Å². The SMILES string of the molecule is CC(=O)c1ccc2c(c1)CC[C@](Nc1cccc(Cl)c1)(C(=O)O)CC[C@@H](C[C@@H](C)COc1ccnc3c1[C@H](C)CCC3)C2. The van der Waals surface area contributed by atoms with Crippen molar-refractivity contribution < 1.29 is 19.4 Å². The Balaban J connectivity index is 1.38. The van der Waals surface area contributed by atoms with E-state index >= 15 is 0 Å². The van der Waals surface area contributed by atoms with E-state index in [1.54, 1.807) is 19.1 Å². The second-order valence-electron chi connectivity index (χ2n) is 12.8. The molecular weight excluding hydrogens is 560 g/mol. The molecule has 2 aliphatic carbocycles. The summed E-state index contributed by atoms with van der Waals surface area (Å²) in [5, 5.41) is 14.6. The van der Waals surface area contributed by atoms with Gasteiger partial charge in [0, 0.05) is 33.7 Å². The fourth-order valence-corrected chi connectivity index (χ4v) is 7.18. The largest absolute Gasteiger partial charge is 0.493 e. The minimum atomic E-state index is -1.16. The molecule has 0 saturated heterocycles. The first-order valence-corrected chi connectivity index (χ1v) is 16.0. The van der Waals surface area contributed by atoms with E-state index in [0.29, 0.717) is 48.1 Å². The molecule has 4 atom stereocenters. The van der Waals surface area contributed by atoms with Gasteiger partial charge in [-0.15, -0.1) is 0 Å². The van der Waals surface area contributed by atoms with Gasteiger partial charge in [0.05, 0.1) is 6.61 Å². The number of rotatable bonds is 9. The van der Waals surface area contributed by atoms with Crippen molar-refractivity contribution in [2.75, 3.05) is 11.9 Å². The van der Waals surface area contributed by atoms with Crippen molar-refractivity contribution in [1.82, 2.24) is 4.98 Å². The molecule has 0 bridgehead atoms. The van der Waals surface area contributed by atoms with Crippen molar-refractivity contribution in [1.29, 1.82) is 0 Å². The molecule has 0 radical (unpaired) electrons. The van der Waals surface area contributed by atoms with E-state index in [-0.39, 0.29) is 17.6 Å². The fourth-order valence-electron chi connectivity index (χ4n) is 6.99. The average Bonchev–Trinajstić information content (AvgIpc) is 3.04. The Labute approximate surface area is 260 Å². The van der Waals surface area contributed by atoms with Gasteiger partial charge in [-0.25, -0.2) is 4.79 Å². The van der Waals surface area contributed by atoms with Crippen molar-refractivity contribution in [2.45, 2.75) is 90.0 Å². The van der Waals surface area contributed by atoms with E-state index in [2.05, 4.69) is 30.2 Å². The smallest absolute Gasteiger partial charge is 0.329 e. The van der Waals surface area contributed by atoms with Crippen LogP contribution in [0.5, 0.6) is 5.75 Å². The number of anilines is 1. The number of carboxylic acid groups (broad SMARTS) is 1. The zero-order valence-electron chi connectivity index (χ0n) is 25.5. The van der Waals surface area contributed by atoms with Crippen LogP contribution in [0, 0.1) is 11.8 Å². The summed E-state index contributed by atoms with van der Waals surface area (Å²) in [5.74, 6) is 1.07. The summed E-state index contributed by atoms with van der Waals surface area (Å²) in [6, 6.07) is 15.2. The van der Waals surface area contributed by atoms with E-state index in [9.17, 15) is 14.7 Å². The lowest BCUT2D eigenvalue weighted by Gasteiger charge is -2.33. The quantitative estimate of drug-likeness (QED) is 0.239. The molecule has 0 unspecified atom stereocenters. The molecule has 5 rings (SSSR count). The van der Waals surface area contributed by atoms with Crippen LogP contribution in [0.4, 0.5) is 5.69 Å². The number of aromatic nitrogens is 1. The topological polar surface area (TPSA) is 88.5 Å². The molecule has 228 valence electrons. The normalized spacial score (nSPS) is 22.6. The lowest BCUT2D eigenvalue weighted by Crippen LogP contribution is -2.47. The van der Waals surface area contributed by atoms with Gasteiger partial charge in [-0.05, 0) is 124 Å². The maximum atomic E-state index is 13.0. The van der Waals surface area contributed by atoms with Crippen molar-refractivity contribution in [2.24, 2.45) is 11.8 Å². The minimum Gasteiger partial charge on any atom is -0.493 e. The molecule has 2 N–H and O–H groups in total. The maximum Gasteiger partial charge on any atom is 0.329 e. The van der Waals surface area contributed by atoms with E-state index in [0.717, 1.165) is 43.4 Å². The lowest BCUT2D eigenvalue weighted by molar-refractivity contribution is -0.143. The van der Waals surface area contributed by atoms with Crippen LogP contribution in [-0.4, -0.2) is 34.0 Å². The van der Waals surface area contributed by atoms with Crippen LogP contribution in [-0.2, 0) is 24.1 Å². The third kappa shape index (κ3) is 7.41. The van der Waals surface area contributed by atoms with Crippen LogP contribution in [0.25, 0.3) is 0 Å². The number of pyridine rings is 1. The summed E-state index contributed by atoms with van der Waals surface area (Å²) < 4.78 is 6.44. The van der Waals surface area contributed by atoms with Crippen LogP contribution < -0.4 is 10.1 Å². The Morgan fingerprint density at radius 3 is 2.72 bits per heavy atom. The number of aliphatic carboxylic acids is 1. The predicted octanol–water partition coefficient (Wildman–Crippen LogP) is 8.30. The number of carbonyl (C=O) groups excluding carboxylic acids is 1. The Kier molecular flexibility index (Phi) is 9.75. The first kappa shape index (κ1) is 31.1. The van der Waals surface area contributed by atoms with Gasteiger partial charge in [-0.3, -0.25) is 9.78 Å². The van der Waals surface area contributed by atoms with Gasteiger partial charge in [0.2, 0.25) is 0 Å². The molecular formula is C36H43ClN2O4. The second kappa shape index (κ2) is 13.5. The van der Waals surface area contributed by atoms with Gasteiger partial charge in [-0.2, -0.15) is 0 Å². The number of fused-ring (bicyclic) bond motifs is 2. The van der Waals surface area contributed by atoms with Gasteiger partial charge in [0.15, 0.2) is 5.78 Å². The Bertz CT molecular complexity index is 1470. The average molecular weight is 603 g/mol. The third-order valence-electron chi connectivity index (χ3n) is 9.37. The molecule has 0 aliphatic heterocycles. The minimum absolute atomic E-state index is 0.0131. The van der Waals surface area contributed by atoms with Gasteiger partial charge in [0.1, 0.15) is 11.3 Å². The van der Waals surface area contributed by atoms with Gasteiger partial charge >= 0.3 is 5.97 Å². The van der Waals surface area contributed by atoms with E-state index in [1.807, 2.05) is 36.5 Å². The van der Waals surface area contributed by atoms with Gasteiger partial charge < -0.3 is 15.2 Å². The molecule has 7 heteroatoms. The van der Waals surface area contributed by atoms with Crippen molar-refractivity contribution in [3.63, 3.8) is 0 Å². The number of ether oxygens (including phenoxy) is 1. The highest BCUT2D eigenvalue weighted by Gasteiger charge is 2.40. The van der Waals surface area contributed by atoms with E-state index < -0.39 is 11.5 Å². The van der Waals surface area contributed by atoms with E-state index in [1.165, 1.54) is 23.2 Å². The molecule has 43 heavy (non-hydrogen) atoms. The fraction of sp³-hybridized carbons (Fsp3) is 0.472. The highest BCUT2D eigenvalue weighted by atomic mass is 35.5. The highest BCUT2D eigenvalue weighted by molar-refractivity contribution is 6.30. The molecule has 6 nitrogen and oxygen atoms in total. The molecule has 2 aromatic carbocycles. The van der Waals surface area contributed by atoms with Crippen LogP contribution >= 0.6 is 11.6 Å². The Morgan fingerprint density at radius 2 is 1.95 bits per heavy atom. The molecule has 2 aliphatic rings. The zero-order chi connectivity index (χ0) is 30.6. The first-order valence-electron chi connectivity index (χ1n) is 15.6. The summed E-state index contributed by atoms with van der Waals surface area (Å²) in [6.45, 7) is 6.65. The number of benzene rings is 2. The lowest BCUT2D eigenvalue weighted by atomic mass is 9.82. The maximum absolute atomic E-state index is 13.0. The molecule has 1 heterocycles. The highest BCUT2D eigenvalue weighted by Crippen LogP contribution is 2.38. The van der Waals surface area contributed by atoms with Gasteiger partial charge in [-0.1, -0.05) is 43.6 Å². The van der Waals surface area contributed by atoms with Crippen molar-refractivity contribution >= 4 is 29.0 Å². The number of aryl methyl sites for hydroxylation is 2. The molecule has 0 spiro atoms. The Morgan fingerprint density at radius 1 is 1.12 bits per heavy atom. The molecule has 0 amide bonds. The first-order chi connectivity index (χ1) is 20.6. The number of ketones is 1. The van der Waals surface area contributed by atoms with Crippen LogP contribution in [0.2, 0.25) is 5.02 Å². The number of hydrogen-bond donors (Lipinski definition) is 2. The zero-order valence-corrected chi connectivity index (χ0v) is 26.3. The monoisotopic (exact) mass is 602 g/mol. The predicted molar refractivity (Wildman–Crippen MR) is 172 cm³/mol. The van der Waals surface area contributed by atoms with Crippen LogP contribution in [0.1, 0.15) is 98.0 Å². The molecule has 3 aromatic rings. The third-order valence-corrected chi connectivity index (χ3v) is 9.61. The second-order valence-corrected chi connectivity index (χ2v) is 13.2. The molecule has 0 saturated carbocycles. The summed E-state index contributed by atoms with van der Waals surface area (Å²) in [4.78, 5) is 29.8. The number of carbonyl (C=O) groups is 2. The number of nitrogens with zero attached hydrogens (tertiary/aromatic N) is 1. The summed E-state index contributed by atoms with van der Waals surface area (Å²) >= 11 is 6.25. The standard InChI is InChI=1S/C36H43ClN2O4/c1-23(22-43-33-14-17-38-32-9-4-6-24(2)34(32)33)18-26-12-15-36(35(41)42,39-31-8-5-7-30(37)21-31)16-13-29-20-27(25(3)40)10-11-28(29)19-26/h5,7-8,10-11,14,17,20-21,23-24,26,39H,4,6,9,12-13,15-16,18-19,22H2,1-3H3,(H,41,42)/t23-,24-,26+,36+/m1/s1. The Hall–Kier alpha value is -3.38. The molecule has 0 fully saturated rings. The summed E-state index contributed by atoms with van der Waals surface area (Å²) in [5.41, 5.74) is 4.87. The van der Waals surface area contributed by atoms with Crippen molar-refractivity contribution in [3.05, 3.63) is 87.7 Å². The van der Waals surface area contributed by atoms with Crippen LogP contribution in [0.15, 0.2) is 54.7 Å². The number of halogens is 1. The summed E-state index contributed by atoms with van der Waals surface area (Å²) in [6.07, 6.45) is 9.14. The van der Waals surface area contributed by atoms with Crippen molar-refractivity contribution in [3.8, 4) is 5.75 Å². The van der Waals surface area contributed by atoms with Gasteiger partial charge in [0.25, 0.3) is 0 Å². The summed E-state index contributed by atoms with van der Waals surface area (Å²) in [7, 11) is 0. The number of Topliss-reactive ketones (excluding diaryl/α,β-unsaturated/α-hetero) is 1. The molecule has 1 aromatic heterocycles. The number of carboxylic acids is 1. The number of hydrogen-bond acceptors (Lipinski definition) is 5. The van der Waals surface area contributed by atoms with Crippen LogP contribution in [0.3, 0.4) is 0 Å².